The molecule has 0 N–H and O–H groups in total. The Labute approximate surface area is 245 Å². The first-order valence-corrected chi connectivity index (χ1v) is 14.2. The minimum absolute atomic E-state index is 0.00438. The molecule has 0 bridgehead atoms. The number of nitrogens with zero attached hydrogens (tertiary/aromatic N) is 4. The molecule has 1 unspecified atom stereocenters. The predicted octanol–water partition coefficient (Wildman–Crippen LogP) is 5.42. The molecule has 0 radical (unpaired) electrons. The van der Waals surface area contributed by atoms with Gasteiger partial charge in [-0.15, -0.1) is 0 Å². The average Bonchev–Trinajstić information content (AvgIpc) is 2.90. The van der Waals surface area contributed by atoms with Crippen LogP contribution in [0.5, 0.6) is 0 Å². The van der Waals surface area contributed by atoms with Gasteiger partial charge in [-0.25, -0.2) is 4.79 Å². The van der Waals surface area contributed by atoms with Crippen molar-refractivity contribution in [2.45, 2.75) is 62.0 Å². The number of rotatable bonds is 7. The van der Waals surface area contributed by atoms with Gasteiger partial charge in [-0.2, -0.15) is 0 Å². The molecule has 0 spiro atoms. The van der Waals surface area contributed by atoms with E-state index in [4.69, 9.17) is 4.74 Å². The zero-order valence-electron chi connectivity index (χ0n) is 24.6. The first kappa shape index (κ1) is 31.7. The first-order chi connectivity index (χ1) is 19.2. The van der Waals surface area contributed by atoms with Crippen LogP contribution >= 0.6 is 11.8 Å². The highest BCUT2D eigenvalue weighted by atomic mass is 32.2. The molecule has 41 heavy (non-hydrogen) atoms. The van der Waals surface area contributed by atoms with Crippen LogP contribution in [-0.4, -0.2) is 82.9 Å². The second-order valence-corrected chi connectivity index (χ2v) is 12.4. The van der Waals surface area contributed by atoms with E-state index >= 15 is 0 Å². The molecule has 1 fully saturated rings. The number of hydrogen-bond donors (Lipinski definition) is 0. The fraction of sp³-hybridized carbons (Fsp3) is 0.433. The monoisotopic (exact) mass is 582 g/mol. The van der Waals surface area contributed by atoms with Crippen molar-refractivity contribution in [2.24, 2.45) is 0 Å². The van der Waals surface area contributed by atoms with E-state index in [1.54, 1.807) is 47.0 Å². The van der Waals surface area contributed by atoms with E-state index < -0.39 is 22.7 Å². The van der Waals surface area contributed by atoms with Gasteiger partial charge < -0.3 is 14.5 Å². The molecule has 0 aromatic heterocycles. The maximum atomic E-state index is 13.1. The van der Waals surface area contributed by atoms with Crippen LogP contribution in [0.25, 0.3) is 6.08 Å². The van der Waals surface area contributed by atoms with Crippen molar-refractivity contribution < 1.29 is 24.0 Å². The van der Waals surface area contributed by atoms with Crippen LogP contribution in [0.3, 0.4) is 0 Å². The molecule has 1 heterocycles. The molecular formula is C30H38N4O6S. The summed E-state index contributed by atoms with van der Waals surface area (Å²) in [6.45, 7) is 9.75. The number of nitro benzene ring substituents is 1. The molecule has 11 heteroatoms. The highest BCUT2D eigenvalue weighted by Crippen LogP contribution is 2.39. The summed E-state index contributed by atoms with van der Waals surface area (Å²) in [6.07, 6.45) is 2.25. The average molecular weight is 583 g/mol. The van der Waals surface area contributed by atoms with Crippen molar-refractivity contribution in [3.05, 3.63) is 69.8 Å². The lowest BCUT2D eigenvalue weighted by molar-refractivity contribution is -0.387. The Hall–Kier alpha value is -3.86. The molecule has 1 saturated heterocycles. The lowest BCUT2D eigenvalue weighted by atomic mass is 10.0. The SMILES string of the molecule is CC(C)c1ccccc1Sc1ccc(C=CC(=O)N2CCN(C(=O)OC(C)(C)C)C(C(=O)N(C)C)C2)cc1[N+](=O)[O-]. The molecule has 0 saturated carbocycles. The number of ether oxygens (including phenoxy) is 1. The lowest BCUT2D eigenvalue weighted by Crippen LogP contribution is -2.61. The summed E-state index contributed by atoms with van der Waals surface area (Å²) in [7, 11) is 3.18. The number of hydrogen-bond acceptors (Lipinski definition) is 7. The van der Waals surface area contributed by atoms with Crippen molar-refractivity contribution in [3.8, 4) is 0 Å². The van der Waals surface area contributed by atoms with Gasteiger partial charge in [0, 0.05) is 44.2 Å². The molecule has 2 aromatic rings. The Kier molecular flexibility index (Phi) is 10.2. The largest absolute Gasteiger partial charge is 0.444 e. The predicted molar refractivity (Wildman–Crippen MR) is 159 cm³/mol. The summed E-state index contributed by atoms with van der Waals surface area (Å²) in [4.78, 5) is 55.9. The maximum Gasteiger partial charge on any atom is 0.411 e. The van der Waals surface area contributed by atoms with Crippen molar-refractivity contribution in [1.29, 1.82) is 0 Å². The Bertz CT molecular complexity index is 1330. The van der Waals surface area contributed by atoms with E-state index in [-0.39, 0.29) is 43.1 Å². The van der Waals surface area contributed by atoms with Crippen molar-refractivity contribution in [2.75, 3.05) is 33.7 Å². The molecule has 3 amide bonds. The third-order valence-electron chi connectivity index (χ3n) is 6.40. The lowest BCUT2D eigenvalue weighted by Gasteiger charge is -2.41. The standard InChI is InChI=1S/C30H38N4O6S/c1-20(2)22-10-8-9-11-25(22)41-26-14-12-21(18-23(26)34(38)39)13-15-27(35)32-16-17-33(29(37)40-30(3,4)5)24(19-32)28(36)31(6)7/h8-15,18,20,24H,16-17,19H2,1-7H3. The van der Waals surface area contributed by atoms with Gasteiger partial charge in [0.15, 0.2) is 0 Å². The van der Waals surface area contributed by atoms with Crippen LogP contribution in [0, 0.1) is 10.1 Å². The van der Waals surface area contributed by atoms with E-state index in [9.17, 15) is 24.5 Å². The Morgan fingerprint density at radius 2 is 1.78 bits per heavy atom. The van der Waals surface area contributed by atoms with E-state index in [1.807, 2.05) is 24.3 Å². The van der Waals surface area contributed by atoms with Crippen LogP contribution in [0.1, 0.15) is 51.7 Å². The van der Waals surface area contributed by atoms with Gasteiger partial charge in [0.1, 0.15) is 11.6 Å². The molecule has 10 nitrogen and oxygen atoms in total. The highest BCUT2D eigenvalue weighted by Gasteiger charge is 2.39. The normalized spacial score (nSPS) is 15.8. The zero-order chi connectivity index (χ0) is 30.5. The number of amides is 3. The number of carbonyl (C=O) groups excluding carboxylic acids is 3. The Morgan fingerprint density at radius 1 is 1.10 bits per heavy atom. The van der Waals surface area contributed by atoms with Crippen LogP contribution in [0.4, 0.5) is 10.5 Å². The first-order valence-electron chi connectivity index (χ1n) is 13.4. The smallest absolute Gasteiger partial charge is 0.411 e. The third kappa shape index (κ3) is 8.32. The minimum atomic E-state index is -0.892. The van der Waals surface area contributed by atoms with Crippen molar-refractivity contribution in [1.82, 2.24) is 14.7 Å². The van der Waals surface area contributed by atoms with Crippen LogP contribution in [0.15, 0.2) is 58.3 Å². The molecule has 3 rings (SSSR count). The Balaban J connectivity index is 1.78. The van der Waals surface area contributed by atoms with E-state index in [0.717, 1.165) is 10.5 Å². The van der Waals surface area contributed by atoms with E-state index in [0.29, 0.717) is 10.5 Å². The van der Waals surface area contributed by atoms with Crippen molar-refractivity contribution >= 4 is 41.4 Å². The van der Waals surface area contributed by atoms with Gasteiger partial charge in [0.05, 0.1) is 16.4 Å². The molecule has 1 aliphatic heterocycles. The van der Waals surface area contributed by atoms with Gasteiger partial charge >= 0.3 is 6.09 Å². The summed E-state index contributed by atoms with van der Waals surface area (Å²) < 4.78 is 5.48. The molecular weight excluding hydrogens is 544 g/mol. The fourth-order valence-corrected chi connectivity index (χ4v) is 5.52. The van der Waals surface area contributed by atoms with Gasteiger partial charge in [0.25, 0.3) is 5.69 Å². The van der Waals surface area contributed by atoms with Gasteiger partial charge in [-0.05, 0) is 56.0 Å². The number of piperazine rings is 1. The summed E-state index contributed by atoms with van der Waals surface area (Å²) in [5.41, 5.74) is 0.831. The number of nitro groups is 1. The topological polar surface area (TPSA) is 113 Å². The second-order valence-electron chi connectivity index (χ2n) is 11.3. The number of likely N-dealkylation sites (N-methyl/N-ethyl adjacent to an activating group) is 1. The van der Waals surface area contributed by atoms with Gasteiger partial charge in [-0.3, -0.25) is 24.6 Å². The third-order valence-corrected chi connectivity index (χ3v) is 7.56. The number of benzene rings is 2. The van der Waals surface area contributed by atoms with E-state index in [2.05, 4.69) is 13.8 Å². The summed E-state index contributed by atoms with van der Waals surface area (Å²) in [6, 6.07) is 11.8. The summed E-state index contributed by atoms with van der Waals surface area (Å²) in [5, 5.41) is 11.9. The van der Waals surface area contributed by atoms with Crippen molar-refractivity contribution in [3.63, 3.8) is 0 Å². The van der Waals surface area contributed by atoms with Crippen LogP contribution in [0.2, 0.25) is 0 Å². The zero-order valence-corrected chi connectivity index (χ0v) is 25.4. The summed E-state index contributed by atoms with van der Waals surface area (Å²) >= 11 is 1.34. The summed E-state index contributed by atoms with van der Waals surface area (Å²) in [5.74, 6) is -0.415. The molecule has 1 atom stereocenters. The molecule has 2 aromatic carbocycles. The number of carbonyl (C=O) groups is 3. The minimum Gasteiger partial charge on any atom is -0.444 e. The second kappa shape index (κ2) is 13.2. The fourth-order valence-electron chi connectivity index (χ4n) is 4.34. The Morgan fingerprint density at radius 3 is 2.39 bits per heavy atom. The molecule has 220 valence electrons. The van der Waals surface area contributed by atoms with Crippen LogP contribution < -0.4 is 0 Å². The molecule has 0 aliphatic carbocycles. The molecule has 1 aliphatic rings. The highest BCUT2D eigenvalue weighted by molar-refractivity contribution is 7.99. The van der Waals surface area contributed by atoms with Gasteiger partial charge in [0.2, 0.25) is 11.8 Å². The van der Waals surface area contributed by atoms with E-state index in [1.165, 1.54) is 44.7 Å². The maximum absolute atomic E-state index is 13.1. The van der Waals surface area contributed by atoms with Crippen LogP contribution in [-0.2, 0) is 14.3 Å². The van der Waals surface area contributed by atoms with Gasteiger partial charge in [-0.1, -0.05) is 49.9 Å². The quantitative estimate of drug-likeness (QED) is 0.243.